The first-order chi connectivity index (χ1) is 13.9. The molecule has 2 nitrogen and oxygen atoms in total. The number of nitrogens with zero attached hydrogens (tertiary/aromatic N) is 2. The molecule has 0 spiro atoms. The Morgan fingerprint density at radius 3 is 1.57 bits per heavy atom. The lowest BCUT2D eigenvalue weighted by Gasteiger charge is -2.56. The maximum atomic E-state index is 5.42. The van der Waals surface area contributed by atoms with Crippen molar-refractivity contribution in [1.82, 2.24) is 9.97 Å². The van der Waals surface area contributed by atoms with E-state index >= 15 is 0 Å². The Bertz CT molecular complexity index is 871. The first kappa shape index (κ1) is 16.4. The van der Waals surface area contributed by atoms with Crippen molar-refractivity contribution in [3.05, 3.63) is 34.6 Å². The first-order valence-electron chi connectivity index (χ1n) is 12.2. The number of hydrogen-bond donors (Lipinski definition) is 0. The predicted molar refractivity (Wildman–Crippen MR) is 113 cm³/mol. The van der Waals surface area contributed by atoms with Crippen LogP contribution in [0.1, 0.15) is 98.6 Å². The monoisotopic (exact) mass is 372 g/mol. The lowest BCUT2D eigenvalue weighted by atomic mass is 9.48. The highest BCUT2D eigenvalue weighted by Gasteiger charge is 2.54. The molecule has 0 bridgehead atoms. The van der Waals surface area contributed by atoms with Crippen molar-refractivity contribution < 1.29 is 0 Å². The summed E-state index contributed by atoms with van der Waals surface area (Å²) in [6, 6.07) is 4.82. The number of benzene rings is 1. The molecule has 1 aromatic carbocycles. The molecule has 6 atom stereocenters. The molecule has 1 heterocycles. The van der Waals surface area contributed by atoms with Gasteiger partial charge < -0.3 is 0 Å². The molecule has 7 rings (SSSR count). The van der Waals surface area contributed by atoms with Gasteiger partial charge in [0.15, 0.2) is 0 Å². The Hall–Kier alpha value is -1.44. The molecule has 3 fully saturated rings. The van der Waals surface area contributed by atoms with E-state index in [2.05, 4.69) is 12.1 Å². The summed E-state index contributed by atoms with van der Waals surface area (Å²) >= 11 is 0. The summed E-state index contributed by atoms with van der Waals surface area (Å²) in [6.07, 6.45) is 16.7. The predicted octanol–water partition coefficient (Wildman–Crippen LogP) is 6.32. The second kappa shape index (κ2) is 6.03. The molecule has 2 unspecified atom stereocenters. The highest BCUT2D eigenvalue weighted by atomic mass is 14.9. The molecule has 0 N–H and O–H groups in total. The van der Waals surface area contributed by atoms with Crippen LogP contribution in [0.15, 0.2) is 12.1 Å². The van der Waals surface area contributed by atoms with Crippen LogP contribution in [0.25, 0.3) is 11.0 Å². The zero-order valence-corrected chi connectivity index (χ0v) is 17.0. The van der Waals surface area contributed by atoms with Gasteiger partial charge in [-0.15, -0.1) is 0 Å². The maximum Gasteiger partial charge on any atom is 0.0893 e. The van der Waals surface area contributed by atoms with Gasteiger partial charge in [-0.1, -0.05) is 25.7 Å². The second-order valence-electron chi connectivity index (χ2n) is 10.6. The summed E-state index contributed by atoms with van der Waals surface area (Å²) in [7, 11) is 0. The van der Waals surface area contributed by atoms with Gasteiger partial charge >= 0.3 is 0 Å². The van der Waals surface area contributed by atoms with E-state index < -0.39 is 0 Å². The van der Waals surface area contributed by atoms with Gasteiger partial charge in [-0.2, -0.15) is 0 Å². The molecule has 0 radical (unpaired) electrons. The third-order valence-electron chi connectivity index (χ3n) is 9.44. The molecule has 3 saturated carbocycles. The maximum absolute atomic E-state index is 5.42. The van der Waals surface area contributed by atoms with Crippen LogP contribution in [0.4, 0.5) is 0 Å². The SMILES string of the molecule is c1c2c(cc3nc4c(nc13)[C@H]1CCC[C@H]3CC[C@H]5CCC[C@@H]4C5C31)CCCC2. The standard InChI is InChI=1S/C26H32N2/c1-2-6-18-14-22-21(13-17(18)5-1)27-25-19-9-3-7-15-11-12-16-8-4-10-20(26(25)28-22)24(16)23(15)19/h13-16,19-20,23-24H,1-12H2/t15-,16+,19-,20+,23?,24?. The summed E-state index contributed by atoms with van der Waals surface area (Å²) in [5.74, 6) is 5.24. The average molecular weight is 373 g/mol. The van der Waals surface area contributed by atoms with Gasteiger partial charge in [-0.3, -0.25) is 0 Å². The van der Waals surface area contributed by atoms with Crippen molar-refractivity contribution in [3.8, 4) is 0 Å². The van der Waals surface area contributed by atoms with E-state index in [4.69, 9.17) is 9.97 Å². The minimum Gasteiger partial charge on any atom is -0.249 e. The third kappa shape index (κ3) is 2.21. The summed E-state index contributed by atoms with van der Waals surface area (Å²) in [5, 5.41) is 0. The second-order valence-corrected chi connectivity index (χ2v) is 10.6. The highest BCUT2D eigenvalue weighted by molar-refractivity contribution is 5.77. The van der Waals surface area contributed by atoms with Crippen LogP contribution in [-0.4, -0.2) is 9.97 Å². The number of fused-ring (bicyclic) bond motifs is 5. The van der Waals surface area contributed by atoms with Crippen LogP contribution in [0, 0.1) is 23.7 Å². The lowest BCUT2D eigenvalue weighted by molar-refractivity contribution is -0.0143. The Morgan fingerprint density at radius 1 is 0.571 bits per heavy atom. The Labute approximate surface area is 168 Å². The molecule has 146 valence electrons. The Kier molecular flexibility index (Phi) is 3.53. The average Bonchev–Trinajstić information content (AvgIpc) is 2.75. The molecule has 1 aromatic heterocycles. The smallest absolute Gasteiger partial charge is 0.0893 e. The van der Waals surface area contributed by atoms with Gasteiger partial charge in [0.1, 0.15) is 0 Å². The number of hydrogen-bond acceptors (Lipinski definition) is 2. The fourth-order valence-electron chi connectivity index (χ4n) is 8.39. The normalized spacial score (nSPS) is 38.4. The lowest BCUT2D eigenvalue weighted by Crippen LogP contribution is -2.48. The zero-order valence-electron chi connectivity index (χ0n) is 17.0. The van der Waals surface area contributed by atoms with Crippen LogP contribution < -0.4 is 0 Å². The summed E-state index contributed by atoms with van der Waals surface area (Å²) in [4.78, 5) is 10.8. The van der Waals surface area contributed by atoms with Crippen molar-refractivity contribution >= 4 is 11.0 Å². The van der Waals surface area contributed by atoms with E-state index in [9.17, 15) is 0 Å². The zero-order chi connectivity index (χ0) is 18.2. The fourth-order valence-corrected chi connectivity index (χ4v) is 8.39. The van der Waals surface area contributed by atoms with Crippen LogP contribution in [-0.2, 0) is 12.8 Å². The van der Waals surface area contributed by atoms with Gasteiger partial charge in [0, 0.05) is 11.8 Å². The van der Waals surface area contributed by atoms with Crippen molar-refractivity contribution in [2.45, 2.75) is 88.9 Å². The van der Waals surface area contributed by atoms with Gasteiger partial charge in [0.2, 0.25) is 0 Å². The van der Waals surface area contributed by atoms with Crippen molar-refractivity contribution in [1.29, 1.82) is 0 Å². The minimum atomic E-state index is 0.712. The molecule has 2 heteroatoms. The van der Waals surface area contributed by atoms with E-state index in [1.54, 1.807) is 11.1 Å². The number of aryl methyl sites for hydroxylation is 2. The molecule has 2 aromatic rings. The first-order valence-corrected chi connectivity index (χ1v) is 12.2. The van der Waals surface area contributed by atoms with E-state index in [-0.39, 0.29) is 0 Å². The van der Waals surface area contributed by atoms with Gasteiger partial charge in [0.25, 0.3) is 0 Å². The van der Waals surface area contributed by atoms with E-state index in [0.717, 1.165) is 23.7 Å². The summed E-state index contributed by atoms with van der Waals surface area (Å²) in [6.45, 7) is 0. The number of aromatic nitrogens is 2. The van der Waals surface area contributed by atoms with Crippen molar-refractivity contribution in [2.75, 3.05) is 0 Å². The Balaban J connectivity index is 1.44. The third-order valence-corrected chi connectivity index (χ3v) is 9.44. The van der Waals surface area contributed by atoms with Gasteiger partial charge in [-0.25, -0.2) is 9.97 Å². The summed E-state index contributed by atoms with van der Waals surface area (Å²) < 4.78 is 0. The van der Waals surface area contributed by atoms with Crippen molar-refractivity contribution in [2.24, 2.45) is 23.7 Å². The Morgan fingerprint density at radius 2 is 1.07 bits per heavy atom. The van der Waals surface area contributed by atoms with Gasteiger partial charge in [-0.05, 0) is 98.3 Å². The molecule has 5 aliphatic rings. The molecular formula is C26H32N2. The van der Waals surface area contributed by atoms with Crippen molar-refractivity contribution in [3.63, 3.8) is 0 Å². The number of rotatable bonds is 0. The van der Waals surface area contributed by atoms with Crippen LogP contribution >= 0.6 is 0 Å². The highest BCUT2D eigenvalue weighted by Crippen LogP contribution is 2.63. The van der Waals surface area contributed by atoms with E-state index in [1.165, 1.54) is 99.5 Å². The molecular weight excluding hydrogens is 340 g/mol. The minimum absolute atomic E-state index is 0.712. The van der Waals surface area contributed by atoms with Crippen LogP contribution in [0.2, 0.25) is 0 Å². The molecule has 28 heavy (non-hydrogen) atoms. The molecule has 5 aliphatic carbocycles. The fraction of sp³-hybridized carbons (Fsp3) is 0.692. The molecule has 0 amide bonds. The largest absolute Gasteiger partial charge is 0.249 e. The van der Waals surface area contributed by atoms with Crippen LogP contribution in [0.3, 0.4) is 0 Å². The topological polar surface area (TPSA) is 25.8 Å². The van der Waals surface area contributed by atoms with Crippen LogP contribution in [0.5, 0.6) is 0 Å². The van der Waals surface area contributed by atoms with E-state index in [0.29, 0.717) is 11.8 Å². The van der Waals surface area contributed by atoms with Gasteiger partial charge in [0.05, 0.1) is 22.4 Å². The quantitative estimate of drug-likeness (QED) is 0.541. The molecule has 0 saturated heterocycles. The van der Waals surface area contributed by atoms with E-state index in [1.807, 2.05) is 0 Å². The molecule has 0 aliphatic heterocycles. The summed E-state index contributed by atoms with van der Waals surface area (Å²) in [5.41, 5.74) is 8.40.